The average molecular weight is 330 g/mol. The summed E-state index contributed by atoms with van der Waals surface area (Å²) < 4.78 is 0. The van der Waals surface area contributed by atoms with E-state index in [0.717, 1.165) is 0 Å². The van der Waals surface area contributed by atoms with Crippen LogP contribution in [-0.2, 0) is 9.59 Å². The first-order valence-electron chi connectivity index (χ1n) is 7.42. The maximum absolute atomic E-state index is 12.3. The first-order valence-corrected chi connectivity index (χ1v) is 8.30. The van der Waals surface area contributed by atoms with Crippen LogP contribution in [0, 0.1) is 11.3 Å². The van der Waals surface area contributed by atoms with E-state index in [1.54, 1.807) is 29.2 Å². The number of amides is 2. The third kappa shape index (κ3) is 3.90. The van der Waals surface area contributed by atoms with E-state index in [2.05, 4.69) is 10.3 Å². The molecule has 0 unspecified atom stereocenters. The quantitative estimate of drug-likeness (QED) is 0.897. The fraction of sp³-hybridized carbons (Fsp3) is 0.375. The van der Waals surface area contributed by atoms with Crippen molar-refractivity contribution in [3.63, 3.8) is 0 Å². The van der Waals surface area contributed by atoms with Crippen molar-refractivity contribution in [2.45, 2.75) is 25.5 Å². The monoisotopic (exact) mass is 330 g/mol. The highest BCUT2D eigenvalue weighted by atomic mass is 32.2. The SMILES string of the molecule is CCN=C1S[C@@H](CC(=O)Nc2ccccc2C#N)C(=O)N1CC. The summed E-state index contributed by atoms with van der Waals surface area (Å²) in [6, 6.07) is 8.81. The number of aliphatic imine (C=N–C) groups is 1. The van der Waals surface area contributed by atoms with Crippen LogP contribution in [0.1, 0.15) is 25.8 Å². The molecule has 7 heteroatoms. The van der Waals surface area contributed by atoms with E-state index in [0.29, 0.717) is 29.5 Å². The van der Waals surface area contributed by atoms with Crippen LogP contribution in [0.15, 0.2) is 29.3 Å². The molecule has 1 aliphatic heterocycles. The molecule has 23 heavy (non-hydrogen) atoms. The number of hydrogen-bond donors (Lipinski definition) is 1. The molecule has 2 amide bonds. The number of nitriles is 1. The highest BCUT2D eigenvalue weighted by Crippen LogP contribution is 2.29. The van der Waals surface area contributed by atoms with Crippen molar-refractivity contribution in [2.24, 2.45) is 4.99 Å². The van der Waals surface area contributed by atoms with Gasteiger partial charge >= 0.3 is 0 Å². The van der Waals surface area contributed by atoms with Crippen LogP contribution in [0.4, 0.5) is 5.69 Å². The largest absolute Gasteiger partial charge is 0.325 e. The van der Waals surface area contributed by atoms with E-state index in [9.17, 15) is 9.59 Å². The number of hydrogen-bond acceptors (Lipinski definition) is 5. The van der Waals surface area contributed by atoms with Gasteiger partial charge in [0.05, 0.1) is 11.3 Å². The molecule has 1 aromatic rings. The van der Waals surface area contributed by atoms with Gasteiger partial charge in [-0.2, -0.15) is 5.26 Å². The van der Waals surface area contributed by atoms with Gasteiger partial charge in [-0.3, -0.25) is 19.5 Å². The first kappa shape index (κ1) is 17.0. The lowest BCUT2D eigenvalue weighted by Crippen LogP contribution is -2.33. The second-order valence-electron chi connectivity index (χ2n) is 4.86. The van der Waals surface area contributed by atoms with E-state index >= 15 is 0 Å². The summed E-state index contributed by atoms with van der Waals surface area (Å²) in [6.07, 6.45) is 0.0580. The van der Waals surface area contributed by atoms with Crippen LogP contribution in [0.2, 0.25) is 0 Å². The molecule has 1 saturated heterocycles. The Morgan fingerprint density at radius 2 is 2.17 bits per heavy atom. The lowest BCUT2D eigenvalue weighted by atomic mass is 10.2. The molecular weight excluding hydrogens is 312 g/mol. The first-order chi connectivity index (χ1) is 11.1. The van der Waals surface area contributed by atoms with Gasteiger partial charge in [0.25, 0.3) is 0 Å². The van der Waals surface area contributed by atoms with Crippen molar-refractivity contribution in [1.29, 1.82) is 5.26 Å². The number of amidine groups is 1. The Labute approximate surface area is 139 Å². The van der Waals surface area contributed by atoms with E-state index in [1.165, 1.54) is 11.8 Å². The lowest BCUT2D eigenvalue weighted by Gasteiger charge is -2.13. The maximum atomic E-state index is 12.3. The van der Waals surface area contributed by atoms with Gasteiger partial charge in [0.1, 0.15) is 11.3 Å². The predicted octanol–water partition coefficient (Wildman–Crippen LogP) is 2.23. The van der Waals surface area contributed by atoms with Crippen molar-refractivity contribution < 1.29 is 9.59 Å². The highest BCUT2D eigenvalue weighted by Gasteiger charge is 2.38. The van der Waals surface area contributed by atoms with Gasteiger partial charge in [0.15, 0.2) is 5.17 Å². The van der Waals surface area contributed by atoms with E-state index in [-0.39, 0.29) is 18.2 Å². The fourth-order valence-electron chi connectivity index (χ4n) is 2.25. The summed E-state index contributed by atoms with van der Waals surface area (Å²) in [5.41, 5.74) is 0.861. The van der Waals surface area contributed by atoms with E-state index in [1.807, 2.05) is 19.9 Å². The van der Waals surface area contributed by atoms with Gasteiger partial charge in [-0.05, 0) is 26.0 Å². The van der Waals surface area contributed by atoms with Crippen LogP contribution in [0.3, 0.4) is 0 Å². The molecule has 0 aromatic heterocycles. The van der Waals surface area contributed by atoms with Crippen LogP contribution < -0.4 is 5.32 Å². The minimum Gasteiger partial charge on any atom is -0.325 e. The minimum atomic E-state index is -0.463. The van der Waals surface area contributed by atoms with Crippen LogP contribution in [0.5, 0.6) is 0 Å². The molecule has 1 fully saturated rings. The maximum Gasteiger partial charge on any atom is 0.242 e. The molecule has 0 aliphatic carbocycles. The number of anilines is 1. The summed E-state index contributed by atoms with van der Waals surface area (Å²) in [5, 5.41) is 12.0. The number of rotatable bonds is 5. The standard InChI is InChI=1S/C16H18N4O2S/c1-3-18-16-20(4-2)15(22)13(23-16)9-14(21)19-12-8-6-5-7-11(12)10-17/h5-8,13H,3-4,9H2,1-2H3,(H,19,21)/t13-/m0/s1. The Morgan fingerprint density at radius 1 is 1.43 bits per heavy atom. The molecule has 1 aliphatic rings. The topological polar surface area (TPSA) is 85.6 Å². The van der Waals surface area contributed by atoms with E-state index < -0.39 is 5.25 Å². The van der Waals surface area contributed by atoms with Gasteiger partial charge < -0.3 is 5.32 Å². The molecular formula is C16H18N4O2S. The minimum absolute atomic E-state index is 0.0580. The molecule has 2 rings (SSSR count). The van der Waals surface area contributed by atoms with Crippen LogP contribution in [-0.4, -0.2) is 40.2 Å². The fourth-order valence-corrected chi connectivity index (χ4v) is 3.51. The number of para-hydroxylation sites is 1. The Kier molecular flexibility index (Phi) is 5.77. The van der Waals surface area contributed by atoms with Crippen molar-refractivity contribution >= 4 is 34.4 Å². The zero-order chi connectivity index (χ0) is 16.8. The highest BCUT2D eigenvalue weighted by molar-refractivity contribution is 8.15. The second kappa shape index (κ2) is 7.79. The van der Waals surface area contributed by atoms with Gasteiger partial charge in [0, 0.05) is 19.5 Å². The normalized spacial score (nSPS) is 19.0. The number of thioether (sulfide) groups is 1. The molecule has 120 valence electrons. The molecule has 0 bridgehead atoms. The molecule has 1 heterocycles. The Bertz CT molecular complexity index is 681. The summed E-state index contributed by atoms with van der Waals surface area (Å²) in [7, 11) is 0. The van der Waals surface area contributed by atoms with Crippen LogP contribution in [0.25, 0.3) is 0 Å². The number of carbonyl (C=O) groups is 2. The molecule has 6 nitrogen and oxygen atoms in total. The predicted molar refractivity (Wildman–Crippen MR) is 91.1 cm³/mol. The molecule has 0 saturated carbocycles. The Morgan fingerprint density at radius 3 is 2.83 bits per heavy atom. The molecule has 1 atom stereocenters. The number of nitrogens with one attached hydrogen (secondary N) is 1. The Balaban J connectivity index is 2.05. The summed E-state index contributed by atoms with van der Waals surface area (Å²) in [6.45, 7) is 4.93. The third-order valence-electron chi connectivity index (χ3n) is 3.32. The molecule has 1 aromatic carbocycles. The van der Waals surface area contributed by atoms with Crippen molar-refractivity contribution in [3.05, 3.63) is 29.8 Å². The third-order valence-corrected chi connectivity index (χ3v) is 4.54. The van der Waals surface area contributed by atoms with E-state index in [4.69, 9.17) is 5.26 Å². The van der Waals surface area contributed by atoms with Gasteiger partial charge in [-0.15, -0.1) is 0 Å². The number of benzene rings is 1. The zero-order valence-electron chi connectivity index (χ0n) is 13.1. The molecule has 0 radical (unpaired) electrons. The second-order valence-corrected chi connectivity index (χ2v) is 6.03. The average Bonchev–Trinajstić information content (AvgIpc) is 2.83. The summed E-state index contributed by atoms with van der Waals surface area (Å²) in [5.74, 6) is -0.374. The molecule has 1 N–H and O–H groups in total. The Hall–Kier alpha value is -2.33. The van der Waals surface area contributed by atoms with Crippen molar-refractivity contribution in [1.82, 2.24) is 4.90 Å². The van der Waals surface area contributed by atoms with Gasteiger partial charge in [-0.1, -0.05) is 23.9 Å². The zero-order valence-corrected chi connectivity index (χ0v) is 13.9. The smallest absolute Gasteiger partial charge is 0.242 e. The lowest BCUT2D eigenvalue weighted by molar-refractivity contribution is -0.128. The summed E-state index contributed by atoms with van der Waals surface area (Å²) in [4.78, 5) is 30.4. The number of nitrogens with zero attached hydrogens (tertiary/aromatic N) is 3. The number of carbonyl (C=O) groups excluding carboxylic acids is 2. The summed E-state index contributed by atoms with van der Waals surface area (Å²) >= 11 is 1.33. The van der Waals surface area contributed by atoms with Gasteiger partial charge in [0.2, 0.25) is 11.8 Å². The van der Waals surface area contributed by atoms with Crippen molar-refractivity contribution in [3.8, 4) is 6.07 Å². The molecule has 0 spiro atoms. The van der Waals surface area contributed by atoms with Crippen LogP contribution >= 0.6 is 11.8 Å². The van der Waals surface area contributed by atoms with Crippen molar-refractivity contribution in [2.75, 3.05) is 18.4 Å². The van der Waals surface area contributed by atoms with Gasteiger partial charge in [-0.25, -0.2) is 0 Å².